The van der Waals surface area contributed by atoms with Gasteiger partial charge in [-0.25, -0.2) is 5.43 Å². The van der Waals surface area contributed by atoms with Crippen LogP contribution in [0.25, 0.3) is 0 Å². The minimum Gasteiger partial charge on any atom is -0.269 e. The third kappa shape index (κ3) is 0.555. The standard InChI is InChI=1S/CH5N3O/c1-2-3-4-5-1/h2-4H,1H2. The fourth-order valence-corrected chi connectivity index (χ4v) is 0.180. The molecule has 0 aromatic rings. The highest BCUT2D eigenvalue weighted by Crippen LogP contribution is 1.58. The van der Waals surface area contributed by atoms with Crippen molar-refractivity contribution in [2.24, 2.45) is 0 Å². The van der Waals surface area contributed by atoms with E-state index in [4.69, 9.17) is 0 Å². The molecule has 0 amide bonds. The van der Waals surface area contributed by atoms with E-state index < -0.39 is 0 Å². The first-order chi connectivity index (χ1) is 2.50. The van der Waals surface area contributed by atoms with Gasteiger partial charge in [-0.15, -0.1) is 5.59 Å². The van der Waals surface area contributed by atoms with E-state index in [0.29, 0.717) is 6.73 Å². The fraction of sp³-hybridized carbons (Fsp3) is 1.00. The molecule has 3 N–H and O–H groups in total. The van der Waals surface area contributed by atoms with Crippen LogP contribution in [0.4, 0.5) is 0 Å². The van der Waals surface area contributed by atoms with Gasteiger partial charge in [0.05, 0.1) is 0 Å². The van der Waals surface area contributed by atoms with E-state index in [2.05, 4.69) is 21.4 Å². The van der Waals surface area contributed by atoms with Gasteiger partial charge in [0.1, 0.15) is 6.73 Å². The third-order valence-electron chi connectivity index (χ3n) is 0.356. The summed E-state index contributed by atoms with van der Waals surface area (Å²) in [6.45, 7) is 0.528. The second-order valence-corrected chi connectivity index (χ2v) is 0.693. The van der Waals surface area contributed by atoms with Gasteiger partial charge in [-0.3, -0.25) is 4.84 Å². The topological polar surface area (TPSA) is 45.3 Å². The van der Waals surface area contributed by atoms with Crippen LogP contribution in [0.2, 0.25) is 0 Å². The molecule has 0 bridgehead atoms. The highest BCUT2D eigenvalue weighted by molar-refractivity contribution is 4.17. The number of hydrogen-bond acceptors (Lipinski definition) is 4. The first kappa shape index (κ1) is 3.05. The minimum absolute atomic E-state index is 0.528. The van der Waals surface area contributed by atoms with E-state index in [1.807, 2.05) is 0 Å². The molecule has 1 fully saturated rings. The summed E-state index contributed by atoms with van der Waals surface area (Å²) in [6.07, 6.45) is 0. The van der Waals surface area contributed by atoms with Crippen molar-refractivity contribution in [1.82, 2.24) is 16.5 Å². The van der Waals surface area contributed by atoms with Crippen molar-refractivity contribution in [3.05, 3.63) is 0 Å². The largest absolute Gasteiger partial charge is 0.269 e. The van der Waals surface area contributed by atoms with Gasteiger partial charge in [-0.1, -0.05) is 0 Å². The molecule has 0 aromatic carbocycles. The van der Waals surface area contributed by atoms with Gasteiger partial charge in [0.2, 0.25) is 0 Å². The predicted molar refractivity (Wildman–Crippen MR) is 15.4 cm³/mol. The molecule has 0 aromatic heterocycles. The second kappa shape index (κ2) is 1.32. The number of nitrogens with one attached hydrogen (secondary N) is 3. The van der Waals surface area contributed by atoms with Crippen molar-refractivity contribution in [1.29, 1.82) is 0 Å². The summed E-state index contributed by atoms with van der Waals surface area (Å²) in [6, 6.07) is 0. The summed E-state index contributed by atoms with van der Waals surface area (Å²) in [5.74, 6) is 0. The van der Waals surface area contributed by atoms with Crippen molar-refractivity contribution in [3.63, 3.8) is 0 Å². The molecule has 1 aliphatic rings. The Kier molecular flexibility index (Phi) is 0.806. The highest BCUT2D eigenvalue weighted by Gasteiger charge is 1.88. The van der Waals surface area contributed by atoms with Crippen LogP contribution in [0, 0.1) is 0 Å². The van der Waals surface area contributed by atoms with Gasteiger partial charge in [-0.2, -0.15) is 5.53 Å². The average molecular weight is 75.1 g/mol. The van der Waals surface area contributed by atoms with E-state index in [1.54, 1.807) is 0 Å². The van der Waals surface area contributed by atoms with E-state index in [0.717, 1.165) is 0 Å². The maximum Gasteiger partial charge on any atom is 0.133 e. The molecule has 0 unspecified atom stereocenters. The monoisotopic (exact) mass is 75.0 g/mol. The Morgan fingerprint density at radius 3 is 2.80 bits per heavy atom. The molecule has 1 heterocycles. The molecule has 30 valence electrons. The molecule has 5 heavy (non-hydrogen) atoms. The van der Waals surface area contributed by atoms with E-state index in [9.17, 15) is 0 Å². The maximum absolute atomic E-state index is 4.47. The van der Waals surface area contributed by atoms with E-state index in [1.165, 1.54) is 0 Å². The SMILES string of the molecule is C1NNNO1. The minimum atomic E-state index is 0.528. The molecular weight excluding hydrogens is 70.0 g/mol. The normalized spacial score (nSPS) is 24.0. The molecule has 1 rings (SSSR count). The van der Waals surface area contributed by atoms with Crippen LogP contribution in [-0.4, -0.2) is 6.73 Å². The molecule has 0 aliphatic carbocycles. The lowest BCUT2D eigenvalue weighted by Crippen LogP contribution is -2.29. The smallest absolute Gasteiger partial charge is 0.133 e. The molecule has 4 heteroatoms. The zero-order chi connectivity index (χ0) is 3.54. The molecule has 0 atom stereocenters. The van der Waals surface area contributed by atoms with Gasteiger partial charge in [0.25, 0.3) is 0 Å². The van der Waals surface area contributed by atoms with Gasteiger partial charge in [-0.05, 0) is 0 Å². The van der Waals surface area contributed by atoms with Crippen LogP contribution in [0.3, 0.4) is 0 Å². The Hall–Kier alpha value is -0.160. The van der Waals surface area contributed by atoms with Crippen molar-refractivity contribution in [2.45, 2.75) is 0 Å². The molecule has 0 radical (unpaired) electrons. The van der Waals surface area contributed by atoms with Gasteiger partial charge < -0.3 is 0 Å². The lowest BCUT2D eigenvalue weighted by molar-refractivity contribution is 0.0844. The zero-order valence-corrected chi connectivity index (χ0v) is 2.62. The van der Waals surface area contributed by atoms with Crippen molar-refractivity contribution in [3.8, 4) is 0 Å². The fourth-order valence-electron chi connectivity index (χ4n) is 0.180. The molecule has 4 nitrogen and oxygen atoms in total. The quantitative estimate of drug-likeness (QED) is 0.327. The molecule has 1 aliphatic heterocycles. The predicted octanol–water partition coefficient (Wildman–Crippen LogP) is -1.51. The summed E-state index contributed by atoms with van der Waals surface area (Å²) >= 11 is 0. The average Bonchev–Trinajstić information content (AvgIpc) is 1.76. The van der Waals surface area contributed by atoms with Crippen LogP contribution in [0.5, 0.6) is 0 Å². The lowest BCUT2D eigenvalue weighted by Gasteiger charge is -1.79. The molecule has 0 saturated carbocycles. The first-order valence-electron chi connectivity index (χ1n) is 1.35. The summed E-state index contributed by atoms with van der Waals surface area (Å²) in [4.78, 5) is 4.47. The van der Waals surface area contributed by atoms with Crippen LogP contribution < -0.4 is 16.5 Å². The van der Waals surface area contributed by atoms with Crippen LogP contribution in [-0.2, 0) is 4.84 Å². The van der Waals surface area contributed by atoms with Gasteiger partial charge >= 0.3 is 0 Å². The van der Waals surface area contributed by atoms with Crippen molar-refractivity contribution in [2.75, 3.05) is 6.73 Å². The van der Waals surface area contributed by atoms with Gasteiger partial charge in [0, 0.05) is 0 Å². The summed E-state index contributed by atoms with van der Waals surface area (Å²) in [5, 5.41) is 0. The van der Waals surface area contributed by atoms with Crippen LogP contribution in [0.15, 0.2) is 0 Å². The summed E-state index contributed by atoms with van der Waals surface area (Å²) in [5.41, 5.74) is 7.50. The maximum atomic E-state index is 4.47. The summed E-state index contributed by atoms with van der Waals surface area (Å²) in [7, 11) is 0. The highest BCUT2D eigenvalue weighted by atomic mass is 16.7. The Bertz CT molecular complexity index is 18.5. The van der Waals surface area contributed by atoms with Crippen molar-refractivity contribution >= 4 is 0 Å². The van der Waals surface area contributed by atoms with Crippen LogP contribution >= 0.6 is 0 Å². The third-order valence-corrected chi connectivity index (χ3v) is 0.356. The Morgan fingerprint density at radius 2 is 2.60 bits per heavy atom. The Balaban J connectivity index is 2.08. The molecular formula is CH5N3O. The number of hydrazine groups is 2. The number of rotatable bonds is 0. The van der Waals surface area contributed by atoms with Gasteiger partial charge in [0.15, 0.2) is 0 Å². The van der Waals surface area contributed by atoms with E-state index in [-0.39, 0.29) is 0 Å². The van der Waals surface area contributed by atoms with E-state index >= 15 is 0 Å². The second-order valence-electron chi connectivity index (χ2n) is 0.693. The molecule has 1 saturated heterocycles. The first-order valence-corrected chi connectivity index (χ1v) is 1.35. The summed E-state index contributed by atoms with van der Waals surface area (Å²) < 4.78 is 0. The zero-order valence-electron chi connectivity index (χ0n) is 2.62. The molecule has 0 spiro atoms. The van der Waals surface area contributed by atoms with Crippen molar-refractivity contribution < 1.29 is 4.84 Å². The van der Waals surface area contributed by atoms with Crippen LogP contribution in [0.1, 0.15) is 0 Å². The number of hydrogen-bond donors (Lipinski definition) is 3. The Morgan fingerprint density at radius 1 is 1.60 bits per heavy atom. The lowest BCUT2D eigenvalue weighted by atomic mass is 11.4. The Labute approximate surface area is 29.4 Å².